The SMILES string of the molecule is C#C[C@]1(O)CC[C@@]2(C)[C@H](CC[C@@H]3[C@@H]2CC[C@@]2(C)[C@H]3CCC23OCCO3)C1. The minimum atomic E-state index is -0.858. The summed E-state index contributed by atoms with van der Waals surface area (Å²) < 4.78 is 12.5. The minimum Gasteiger partial charge on any atom is -0.378 e. The monoisotopic (exact) mass is 358 g/mol. The van der Waals surface area contributed by atoms with E-state index in [1.807, 2.05) is 0 Å². The first-order valence-corrected chi connectivity index (χ1v) is 10.8. The Kier molecular flexibility index (Phi) is 3.70. The van der Waals surface area contributed by atoms with E-state index in [1.165, 1.54) is 32.1 Å². The highest BCUT2D eigenvalue weighted by atomic mass is 16.7. The smallest absolute Gasteiger partial charge is 0.174 e. The van der Waals surface area contributed by atoms with Gasteiger partial charge >= 0.3 is 0 Å². The van der Waals surface area contributed by atoms with Gasteiger partial charge in [-0.3, -0.25) is 0 Å². The standard InChI is InChI=1S/C23H34O3/c1-4-22(24)12-11-20(2)16(15-22)5-6-17-18(20)7-9-21(3)19(17)8-10-23(21)25-13-14-26-23/h1,16-19,24H,5-15H2,2-3H3/t16-,17-,18+,19+,20+,21+,22+/m1/s1. The second-order valence-electron chi connectivity index (χ2n) is 10.5. The Hall–Kier alpha value is -0.560. The highest BCUT2D eigenvalue weighted by Crippen LogP contribution is 2.69. The summed E-state index contributed by atoms with van der Waals surface area (Å²) in [5.41, 5.74) is -0.328. The van der Waals surface area contributed by atoms with Crippen LogP contribution < -0.4 is 0 Å². The number of terminal acetylenes is 1. The fourth-order valence-corrected chi connectivity index (χ4v) is 8.26. The number of rotatable bonds is 0. The van der Waals surface area contributed by atoms with Crippen LogP contribution in [-0.2, 0) is 9.47 Å². The number of aliphatic hydroxyl groups is 1. The largest absolute Gasteiger partial charge is 0.378 e. The third kappa shape index (κ3) is 2.07. The molecule has 1 saturated heterocycles. The fourth-order valence-electron chi connectivity index (χ4n) is 8.26. The first-order valence-electron chi connectivity index (χ1n) is 10.8. The lowest BCUT2D eigenvalue weighted by molar-refractivity contribution is -0.248. The zero-order chi connectivity index (χ0) is 18.2. The Bertz CT molecular complexity index is 632. The van der Waals surface area contributed by atoms with Gasteiger partial charge in [-0.05, 0) is 80.5 Å². The molecule has 0 aromatic carbocycles. The van der Waals surface area contributed by atoms with Gasteiger partial charge in [-0.25, -0.2) is 0 Å². The lowest BCUT2D eigenvalue weighted by Gasteiger charge is -2.62. The van der Waals surface area contributed by atoms with Crippen LogP contribution in [0.2, 0.25) is 0 Å². The maximum atomic E-state index is 10.7. The van der Waals surface area contributed by atoms with Gasteiger partial charge in [0.05, 0.1) is 13.2 Å². The van der Waals surface area contributed by atoms with Crippen LogP contribution in [-0.4, -0.2) is 29.7 Å². The Morgan fingerprint density at radius 3 is 2.38 bits per heavy atom. The van der Waals surface area contributed by atoms with Crippen LogP contribution in [0.15, 0.2) is 0 Å². The maximum absolute atomic E-state index is 10.7. The van der Waals surface area contributed by atoms with Crippen LogP contribution in [0.4, 0.5) is 0 Å². The maximum Gasteiger partial charge on any atom is 0.174 e. The molecule has 1 spiro atoms. The molecule has 4 aliphatic carbocycles. The molecule has 5 fully saturated rings. The molecule has 0 unspecified atom stereocenters. The Balaban J connectivity index is 1.43. The Labute approximate surface area is 158 Å². The number of hydrogen-bond donors (Lipinski definition) is 1. The lowest BCUT2D eigenvalue weighted by atomic mass is 9.44. The van der Waals surface area contributed by atoms with E-state index >= 15 is 0 Å². The van der Waals surface area contributed by atoms with Crippen LogP contribution in [0.3, 0.4) is 0 Å². The molecule has 26 heavy (non-hydrogen) atoms. The van der Waals surface area contributed by atoms with Gasteiger partial charge < -0.3 is 14.6 Å². The molecule has 5 aliphatic rings. The molecule has 4 saturated carbocycles. The van der Waals surface area contributed by atoms with Crippen molar-refractivity contribution >= 4 is 0 Å². The van der Waals surface area contributed by atoms with Crippen molar-refractivity contribution in [2.45, 2.75) is 83.0 Å². The summed E-state index contributed by atoms with van der Waals surface area (Å²) in [6, 6.07) is 0. The van der Waals surface area contributed by atoms with Gasteiger partial charge in [0.2, 0.25) is 0 Å². The predicted octanol–water partition coefficient (Wildman–Crippen LogP) is 4.14. The first kappa shape index (κ1) is 17.5. The first-order chi connectivity index (χ1) is 12.4. The molecule has 3 heteroatoms. The summed E-state index contributed by atoms with van der Waals surface area (Å²) in [7, 11) is 0. The third-order valence-electron chi connectivity index (χ3n) is 9.79. The van der Waals surface area contributed by atoms with Crippen LogP contribution >= 0.6 is 0 Å². The van der Waals surface area contributed by atoms with E-state index in [0.29, 0.717) is 11.3 Å². The molecular formula is C23H34O3. The number of fused-ring (bicyclic) bond motifs is 6. The van der Waals surface area contributed by atoms with E-state index in [4.69, 9.17) is 15.9 Å². The van der Waals surface area contributed by atoms with Crippen LogP contribution in [0.25, 0.3) is 0 Å². The summed E-state index contributed by atoms with van der Waals surface area (Å²) in [5.74, 6) is 5.28. The van der Waals surface area contributed by atoms with Crippen molar-refractivity contribution < 1.29 is 14.6 Å². The molecule has 7 atom stereocenters. The molecule has 1 aliphatic heterocycles. The van der Waals surface area contributed by atoms with Crippen molar-refractivity contribution in [1.29, 1.82) is 0 Å². The summed E-state index contributed by atoms with van der Waals surface area (Å²) in [6.07, 6.45) is 15.7. The average molecular weight is 359 g/mol. The molecule has 0 aromatic heterocycles. The Morgan fingerprint density at radius 1 is 0.923 bits per heavy atom. The fraction of sp³-hybridized carbons (Fsp3) is 0.913. The molecule has 5 rings (SSSR count). The zero-order valence-corrected chi connectivity index (χ0v) is 16.4. The molecule has 1 heterocycles. The molecule has 144 valence electrons. The van der Waals surface area contributed by atoms with E-state index in [9.17, 15) is 5.11 Å². The van der Waals surface area contributed by atoms with Crippen molar-refractivity contribution in [1.82, 2.24) is 0 Å². The van der Waals surface area contributed by atoms with Gasteiger partial charge in [0.25, 0.3) is 0 Å². The lowest BCUT2D eigenvalue weighted by Crippen LogP contribution is -2.58. The van der Waals surface area contributed by atoms with Crippen molar-refractivity contribution in [2.75, 3.05) is 13.2 Å². The number of ether oxygens (including phenoxy) is 2. The van der Waals surface area contributed by atoms with E-state index in [-0.39, 0.29) is 11.2 Å². The summed E-state index contributed by atoms with van der Waals surface area (Å²) in [4.78, 5) is 0. The van der Waals surface area contributed by atoms with Crippen LogP contribution in [0.5, 0.6) is 0 Å². The van der Waals surface area contributed by atoms with E-state index < -0.39 is 5.60 Å². The van der Waals surface area contributed by atoms with Crippen LogP contribution in [0, 0.1) is 46.8 Å². The highest BCUT2D eigenvalue weighted by Gasteiger charge is 2.67. The van der Waals surface area contributed by atoms with Gasteiger partial charge in [-0.2, -0.15) is 0 Å². The van der Waals surface area contributed by atoms with E-state index in [1.54, 1.807) is 0 Å². The second-order valence-corrected chi connectivity index (χ2v) is 10.5. The quantitative estimate of drug-likeness (QED) is 0.662. The van der Waals surface area contributed by atoms with E-state index in [0.717, 1.165) is 56.7 Å². The topological polar surface area (TPSA) is 38.7 Å². The van der Waals surface area contributed by atoms with E-state index in [2.05, 4.69) is 19.8 Å². The van der Waals surface area contributed by atoms with Gasteiger partial charge in [-0.15, -0.1) is 6.42 Å². The normalized spacial score (nSPS) is 55.0. The number of hydrogen-bond acceptors (Lipinski definition) is 3. The van der Waals surface area contributed by atoms with Crippen molar-refractivity contribution in [3.8, 4) is 12.3 Å². The van der Waals surface area contributed by atoms with Gasteiger partial charge in [0.1, 0.15) is 5.60 Å². The molecule has 0 bridgehead atoms. The molecule has 0 amide bonds. The second kappa shape index (κ2) is 5.49. The Morgan fingerprint density at radius 2 is 1.65 bits per heavy atom. The molecular weight excluding hydrogens is 324 g/mol. The third-order valence-corrected chi connectivity index (χ3v) is 9.79. The van der Waals surface area contributed by atoms with Gasteiger partial charge in [-0.1, -0.05) is 19.8 Å². The summed E-state index contributed by atoms with van der Waals surface area (Å²) in [6.45, 7) is 6.50. The van der Waals surface area contributed by atoms with Crippen LogP contribution in [0.1, 0.15) is 71.6 Å². The summed E-state index contributed by atoms with van der Waals surface area (Å²) >= 11 is 0. The minimum absolute atomic E-state index is 0.183. The zero-order valence-electron chi connectivity index (χ0n) is 16.4. The molecule has 0 aromatic rings. The molecule has 1 N–H and O–H groups in total. The van der Waals surface area contributed by atoms with Crippen molar-refractivity contribution in [3.05, 3.63) is 0 Å². The van der Waals surface area contributed by atoms with Crippen molar-refractivity contribution in [2.24, 2.45) is 34.5 Å². The van der Waals surface area contributed by atoms with Gasteiger partial charge in [0.15, 0.2) is 5.79 Å². The average Bonchev–Trinajstić information content (AvgIpc) is 3.22. The highest BCUT2D eigenvalue weighted by molar-refractivity contribution is 5.17. The van der Waals surface area contributed by atoms with Gasteiger partial charge in [0, 0.05) is 11.8 Å². The molecule has 3 nitrogen and oxygen atoms in total. The summed E-state index contributed by atoms with van der Waals surface area (Å²) in [5, 5.41) is 10.7. The van der Waals surface area contributed by atoms with Crippen molar-refractivity contribution in [3.63, 3.8) is 0 Å². The predicted molar refractivity (Wildman–Crippen MR) is 100 cm³/mol. The molecule has 0 radical (unpaired) electrons.